The van der Waals surface area contributed by atoms with E-state index in [2.05, 4.69) is 16.9 Å². The summed E-state index contributed by atoms with van der Waals surface area (Å²) in [4.78, 5) is 8.27. The van der Waals surface area contributed by atoms with Crippen molar-refractivity contribution in [2.75, 3.05) is 0 Å². The van der Waals surface area contributed by atoms with E-state index in [0.29, 0.717) is 17.9 Å². The third-order valence-corrected chi connectivity index (χ3v) is 2.38. The molecule has 0 saturated heterocycles. The molecule has 0 spiro atoms. The molecule has 12 heavy (non-hydrogen) atoms. The van der Waals surface area contributed by atoms with Crippen molar-refractivity contribution in [1.82, 2.24) is 0 Å². The van der Waals surface area contributed by atoms with Crippen LogP contribution >= 0.6 is 0 Å². The van der Waals surface area contributed by atoms with Crippen LogP contribution in [0, 0.1) is 5.92 Å². The number of rotatable bonds is 1. The van der Waals surface area contributed by atoms with Gasteiger partial charge in [-0.3, -0.25) is 0 Å². The predicted molar refractivity (Wildman–Crippen MR) is 52.6 cm³/mol. The third-order valence-electron chi connectivity index (χ3n) is 2.38. The summed E-state index contributed by atoms with van der Waals surface area (Å²) >= 11 is 0. The minimum Gasteiger partial charge on any atom is -0.368 e. The van der Waals surface area contributed by atoms with Crippen molar-refractivity contribution in [3.05, 3.63) is 0 Å². The number of guanidine groups is 1. The Labute approximate surface area is 73.8 Å². The Balaban J connectivity index is 2.53. The second kappa shape index (κ2) is 4.24. The fraction of sp³-hybridized carbons (Fsp3) is 0.778. The molecule has 0 bridgehead atoms. The van der Waals surface area contributed by atoms with Gasteiger partial charge in [0.1, 0.15) is 0 Å². The molecular formula is C9H17N3. The zero-order chi connectivity index (χ0) is 8.97. The number of nitrogens with two attached hydrogens (primary N) is 1. The van der Waals surface area contributed by atoms with E-state index in [1.54, 1.807) is 6.21 Å². The summed E-state index contributed by atoms with van der Waals surface area (Å²) in [6.45, 7) is 4.07. The highest BCUT2D eigenvalue weighted by molar-refractivity contribution is 5.85. The molecule has 0 aromatic carbocycles. The van der Waals surface area contributed by atoms with Gasteiger partial charge in [-0.25, -0.2) is 9.98 Å². The standard InChI is InChI=1S/C9H17N3/c1-3-11-9(10)12-8-6-4-5-7(8)2/h3,7-8H,4-6H2,1-2H3,(H2,10,12)/b11-3-. The first-order valence-corrected chi connectivity index (χ1v) is 4.56. The van der Waals surface area contributed by atoms with Gasteiger partial charge in [0.05, 0.1) is 6.04 Å². The molecule has 1 fully saturated rings. The first kappa shape index (κ1) is 9.23. The van der Waals surface area contributed by atoms with E-state index in [1.807, 2.05) is 6.92 Å². The van der Waals surface area contributed by atoms with Crippen LogP contribution in [0.4, 0.5) is 0 Å². The Kier molecular flexibility index (Phi) is 3.26. The summed E-state index contributed by atoms with van der Waals surface area (Å²) in [7, 11) is 0. The number of hydrogen-bond acceptors (Lipinski definition) is 1. The SMILES string of the molecule is C/C=N\C(N)=NC1CCCC1C. The molecule has 2 unspecified atom stereocenters. The fourth-order valence-electron chi connectivity index (χ4n) is 1.65. The Morgan fingerprint density at radius 2 is 2.25 bits per heavy atom. The van der Waals surface area contributed by atoms with Crippen LogP contribution in [0.25, 0.3) is 0 Å². The molecule has 1 aliphatic rings. The van der Waals surface area contributed by atoms with Crippen LogP contribution < -0.4 is 5.73 Å². The fourth-order valence-corrected chi connectivity index (χ4v) is 1.65. The summed E-state index contributed by atoms with van der Waals surface area (Å²) in [6, 6.07) is 0.411. The van der Waals surface area contributed by atoms with Crippen LogP contribution in [0.15, 0.2) is 9.98 Å². The zero-order valence-corrected chi connectivity index (χ0v) is 7.83. The molecule has 0 aliphatic heterocycles. The van der Waals surface area contributed by atoms with Gasteiger partial charge in [-0.2, -0.15) is 0 Å². The van der Waals surface area contributed by atoms with E-state index in [4.69, 9.17) is 5.73 Å². The van der Waals surface area contributed by atoms with Crippen LogP contribution in [0.2, 0.25) is 0 Å². The summed E-state index contributed by atoms with van der Waals surface area (Å²) in [5, 5.41) is 0. The molecule has 2 N–H and O–H groups in total. The molecule has 3 heteroatoms. The Morgan fingerprint density at radius 1 is 1.50 bits per heavy atom. The quantitative estimate of drug-likeness (QED) is 0.468. The molecule has 1 aliphatic carbocycles. The monoisotopic (exact) mass is 167 g/mol. The summed E-state index contributed by atoms with van der Waals surface area (Å²) in [6.07, 6.45) is 5.40. The Morgan fingerprint density at radius 3 is 2.75 bits per heavy atom. The maximum Gasteiger partial charge on any atom is 0.215 e. The predicted octanol–water partition coefficient (Wildman–Crippen LogP) is 1.58. The average molecular weight is 167 g/mol. The van der Waals surface area contributed by atoms with Crippen LogP contribution in [0.5, 0.6) is 0 Å². The molecule has 2 atom stereocenters. The second-order valence-electron chi connectivity index (χ2n) is 3.35. The van der Waals surface area contributed by atoms with Crippen molar-refractivity contribution in [3.63, 3.8) is 0 Å². The molecule has 0 aromatic rings. The second-order valence-corrected chi connectivity index (χ2v) is 3.35. The molecule has 3 nitrogen and oxygen atoms in total. The summed E-state index contributed by atoms with van der Waals surface area (Å²) < 4.78 is 0. The molecule has 0 radical (unpaired) electrons. The van der Waals surface area contributed by atoms with Crippen molar-refractivity contribution in [3.8, 4) is 0 Å². The van der Waals surface area contributed by atoms with Crippen LogP contribution in [0.3, 0.4) is 0 Å². The van der Waals surface area contributed by atoms with E-state index in [-0.39, 0.29) is 0 Å². The highest BCUT2D eigenvalue weighted by Gasteiger charge is 2.22. The molecule has 68 valence electrons. The lowest BCUT2D eigenvalue weighted by Gasteiger charge is -2.08. The minimum absolute atomic E-state index is 0.411. The molecular weight excluding hydrogens is 150 g/mol. The van der Waals surface area contributed by atoms with Gasteiger partial charge in [0.2, 0.25) is 5.96 Å². The maximum absolute atomic E-state index is 5.58. The van der Waals surface area contributed by atoms with Gasteiger partial charge in [0.15, 0.2) is 0 Å². The Bertz CT molecular complexity index is 196. The molecule has 0 aromatic heterocycles. The van der Waals surface area contributed by atoms with Gasteiger partial charge < -0.3 is 5.73 Å². The lowest BCUT2D eigenvalue weighted by atomic mass is 10.1. The number of nitrogens with zero attached hydrogens (tertiary/aromatic N) is 2. The van der Waals surface area contributed by atoms with Crippen LogP contribution in [0.1, 0.15) is 33.1 Å². The molecule has 1 rings (SSSR count). The van der Waals surface area contributed by atoms with Crippen LogP contribution in [-0.4, -0.2) is 18.2 Å². The van der Waals surface area contributed by atoms with Crippen molar-refractivity contribution in [2.24, 2.45) is 21.6 Å². The lowest BCUT2D eigenvalue weighted by Crippen LogP contribution is -2.16. The molecule has 1 saturated carbocycles. The third kappa shape index (κ3) is 2.32. The maximum atomic E-state index is 5.58. The van der Waals surface area contributed by atoms with Gasteiger partial charge in [0, 0.05) is 6.21 Å². The average Bonchev–Trinajstić information content (AvgIpc) is 2.37. The highest BCUT2D eigenvalue weighted by atomic mass is 15.0. The highest BCUT2D eigenvalue weighted by Crippen LogP contribution is 2.27. The first-order valence-electron chi connectivity index (χ1n) is 4.56. The number of hydrogen-bond donors (Lipinski definition) is 1. The zero-order valence-electron chi connectivity index (χ0n) is 7.83. The van der Waals surface area contributed by atoms with Crippen molar-refractivity contribution in [2.45, 2.75) is 39.2 Å². The van der Waals surface area contributed by atoms with Crippen molar-refractivity contribution in [1.29, 1.82) is 0 Å². The lowest BCUT2D eigenvalue weighted by molar-refractivity contribution is 0.529. The normalized spacial score (nSPS) is 31.7. The summed E-state index contributed by atoms with van der Waals surface area (Å²) in [5.74, 6) is 1.10. The van der Waals surface area contributed by atoms with Gasteiger partial charge in [-0.05, 0) is 25.7 Å². The van der Waals surface area contributed by atoms with Crippen molar-refractivity contribution < 1.29 is 0 Å². The van der Waals surface area contributed by atoms with Crippen molar-refractivity contribution >= 4 is 12.2 Å². The van der Waals surface area contributed by atoms with Gasteiger partial charge >= 0.3 is 0 Å². The van der Waals surface area contributed by atoms with E-state index >= 15 is 0 Å². The topological polar surface area (TPSA) is 50.7 Å². The van der Waals surface area contributed by atoms with Crippen LogP contribution in [-0.2, 0) is 0 Å². The largest absolute Gasteiger partial charge is 0.368 e. The Hall–Kier alpha value is -0.860. The van der Waals surface area contributed by atoms with Gasteiger partial charge in [0.25, 0.3) is 0 Å². The minimum atomic E-state index is 0.411. The van der Waals surface area contributed by atoms with E-state index in [0.717, 1.165) is 0 Å². The first-order chi connectivity index (χ1) is 5.74. The van der Waals surface area contributed by atoms with E-state index in [1.165, 1.54) is 19.3 Å². The van der Waals surface area contributed by atoms with Gasteiger partial charge in [-0.15, -0.1) is 0 Å². The summed E-state index contributed by atoms with van der Waals surface area (Å²) in [5.41, 5.74) is 5.58. The smallest absolute Gasteiger partial charge is 0.215 e. The van der Waals surface area contributed by atoms with E-state index < -0.39 is 0 Å². The van der Waals surface area contributed by atoms with E-state index in [9.17, 15) is 0 Å². The molecule has 0 heterocycles. The van der Waals surface area contributed by atoms with Gasteiger partial charge in [-0.1, -0.05) is 13.3 Å². The molecule has 0 amide bonds. The number of aliphatic imine (C=N–C) groups is 2.